The molecule has 21 heavy (non-hydrogen) atoms. The quantitative estimate of drug-likeness (QED) is 0.786. The van der Waals surface area contributed by atoms with Crippen LogP contribution >= 0.6 is 11.3 Å². The van der Waals surface area contributed by atoms with Crippen molar-refractivity contribution < 1.29 is 9.84 Å². The number of hydrogen-bond donors (Lipinski definition) is 1. The predicted molar refractivity (Wildman–Crippen MR) is 86.7 cm³/mol. The van der Waals surface area contributed by atoms with Crippen molar-refractivity contribution in [2.45, 2.75) is 46.1 Å². The zero-order chi connectivity index (χ0) is 15.3. The minimum Gasteiger partial charge on any atom is -0.396 e. The molecule has 1 fully saturated rings. The van der Waals surface area contributed by atoms with Gasteiger partial charge in [0, 0.05) is 43.7 Å². The van der Waals surface area contributed by atoms with E-state index in [0.29, 0.717) is 0 Å². The SMILES string of the molecule is COCCC[C@]1(CO)CCCN(Cc2nc(C)sc2C)C1. The molecule has 0 aliphatic carbocycles. The fraction of sp³-hybridized carbons (Fsp3) is 0.812. The van der Waals surface area contributed by atoms with E-state index in [1.807, 2.05) is 0 Å². The number of piperidine rings is 1. The highest BCUT2D eigenvalue weighted by molar-refractivity contribution is 7.11. The van der Waals surface area contributed by atoms with Gasteiger partial charge in [0.05, 0.1) is 10.7 Å². The van der Waals surface area contributed by atoms with Gasteiger partial charge in [-0.1, -0.05) is 0 Å². The first-order valence-electron chi connectivity index (χ1n) is 7.84. The number of aliphatic hydroxyl groups excluding tert-OH is 1. The molecule has 4 nitrogen and oxygen atoms in total. The molecule has 0 bridgehead atoms. The first kappa shape index (κ1) is 16.9. The molecule has 0 spiro atoms. The van der Waals surface area contributed by atoms with Crippen molar-refractivity contribution in [3.8, 4) is 0 Å². The number of likely N-dealkylation sites (tertiary alicyclic amines) is 1. The highest BCUT2D eigenvalue weighted by atomic mass is 32.1. The zero-order valence-corrected chi connectivity index (χ0v) is 14.3. The number of hydrogen-bond acceptors (Lipinski definition) is 5. The molecule has 1 N–H and O–H groups in total. The summed E-state index contributed by atoms with van der Waals surface area (Å²) in [4.78, 5) is 8.44. The Morgan fingerprint density at radius 2 is 2.24 bits per heavy atom. The molecule has 0 radical (unpaired) electrons. The molecule has 0 aromatic carbocycles. The second-order valence-corrected chi connectivity index (χ2v) is 7.71. The number of nitrogens with zero attached hydrogens (tertiary/aromatic N) is 2. The van der Waals surface area contributed by atoms with E-state index in [1.54, 1.807) is 18.4 Å². The minimum absolute atomic E-state index is 0.0513. The molecular formula is C16H28N2O2S. The summed E-state index contributed by atoms with van der Waals surface area (Å²) >= 11 is 1.78. The van der Waals surface area contributed by atoms with Crippen molar-refractivity contribution >= 4 is 11.3 Å². The van der Waals surface area contributed by atoms with Gasteiger partial charge >= 0.3 is 0 Å². The second kappa shape index (κ2) is 7.68. The van der Waals surface area contributed by atoms with Crippen molar-refractivity contribution in [3.63, 3.8) is 0 Å². The number of thiazole rings is 1. The van der Waals surface area contributed by atoms with Crippen molar-refractivity contribution in [3.05, 3.63) is 15.6 Å². The van der Waals surface area contributed by atoms with Gasteiger partial charge in [-0.2, -0.15) is 0 Å². The van der Waals surface area contributed by atoms with E-state index in [1.165, 1.54) is 10.6 Å². The molecule has 1 aliphatic heterocycles. The summed E-state index contributed by atoms with van der Waals surface area (Å²) in [6.45, 7) is 8.30. The van der Waals surface area contributed by atoms with Gasteiger partial charge in [-0.25, -0.2) is 4.98 Å². The summed E-state index contributed by atoms with van der Waals surface area (Å²) in [7, 11) is 1.74. The van der Waals surface area contributed by atoms with Gasteiger partial charge in [-0.15, -0.1) is 11.3 Å². The predicted octanol–water partition coefficient (Wildman–Crippen LogP) is 2.76. The lowest BCUT2D eigenvalue weighted by molar-refractivity contribution is 0.0154. The summed E-state index contributed by atoms with van der Waals surface area (Å²) in [5.41, 5.74) is 1.26. The van der Waals surface area contributed by atoms with E-state index in [0.717, 1.165) is 56.9 Å². The Labute approximate surface area is 132 Å². The maximum absolute atomic E-state index is 9.90. The molecule has 0 unspecified atom stereocenters. The third kappa shape index (κ3) is 4.49. The average Bonchev–Trinajstić information content (AvgIpc) is 2.77. The maximum Gasteiger partial charge on any atom is 0.0900 e. The molecule has 120 valence electrons. The van der Waals surface area contributed by atoms with Gasteiger partial charge in [-0.3, -0.25) is 4.90 Å². The Bertz CT molecular complexity index is 449. The van der Waals surface area contributed by atoms with Gasteiger partial charge in [0.15, 0.2) is 0 Å². The van der Waals surface area contributed by atoms with E-state index in [2.05, 4.69) is 23.7 Å². The number of aliphatic hydroxyl groups is 1. The van der Waals surface area contributed by atoms with Crippen LogP contribution in [0.1, 0.15) is 41.3 Å². The highest BCUT2D eigenvalue weighted by Crippen LogP contribution is 2.35. The van der Waals surface area contributed by atoms with Crippen LogP contribution in [0.25, 0.3) is 0 Å². The number of aryl methyl sites for hydroxylation is 2. The lowest BCUT2D eigenvalue weighted by Crippen LogP contribution is -2.45. The number of rotatable bonds is 7. The number of ether oxygens (including phenoxy) is 1. The zero-order valence-electron chi connectivity index (χ0n) is 13.5. The smallest absolute Gasteiger partial charge is 0.0900 e. The molecule has 0 amide bonds. The maximum atomic E-state index is 9.90. The third-order valence-electron chi connectivity index (χ3n) is 4.50. The van der Waals surface area contributed by atoms with Crippen molar-refractivity contribution in [2.24, 2.45) is 5.41 Å². The second-order valence-electron chi connectivity index (χ2n) is 6.30. The van der Waals surface area contributed by atoms with Crippen molar-refractivity contribution in [1.82, 2.24) is 9.88 Å². The van der Waals surface area contributed by atoms with Crippen LogP contribution in [0, 0.1) is 19.3 Å². The van der Waals surface area contributed by atoms with E-state index >= 15 is 0 Å². The Morgan fingerprint density at radius 1 is 1.43 bits per heavy atom. The van der Waals surface area contributed by atoms with Crippen LogP contribution in [0.3, 0.4) is 0 Å². The molecule has 1 atom stereocenters. The summed E-state index contributed by atoms with van der Waals surface area (Å²) in [5, 5.41) is 11.0. The first-order chi connectivity index (χ1) is 10.1. The lowest BCUT2D eigenvalue weighted by Gasteiger charge is -2.42. The van der Waals surface area contributed by atoms with Gasteiger partial charge in [-0.05, 0) is 46.1 Å². The standard InChI is InChI=1S/C16H28N2O2S/c1-13-15(17-14(2)21-13)10-18-8-4-6-16(11-18,12-19)7-5-9-20-3/h19H,4-12H2,1-3H3/t16-/m1/s1. The molecule has 1 aromatic rings. The van der Waals surface area contributed by atoms with Crippen LogP contribution in [-0.2, 0) is 11.3 Å². The van der Waals surface area contributed by atoms with Gasteiger partial charge in [0.1, 0.15) is 0 Å². The fourth-order valence-corrected chi connectivity index (χ4v) is 4.21. The van der Waals surface area contributed by atoms with E-state index in [9.17, 15) is 5.11 Å². The molecule has 0 saturated carbocycles. The van der Waals surface area contributed by atoms with E-state index in [-0.39, 0.29) is 12.0 Å². The Hall–Kier alpha value is -0.490. The van der Waals surface area contributed by atoms with Crippen LogP contribution in [0.2, 0.25) is 0 Å². The largest absolute Gasteiger partial charge is 0.396 e. The monoisotopic (exact) mass is 312 g/mol. The fourth-order valence-electron chi connectivity index (χ4n) is 3.38. The van der Waals surface area contributed by atoms with Crippen molar-refractivity contribution in [1.29, 1.82) is 0 Å². The summed E-state index contributed by atoms with van der Waals surface area (Å²) in [5.74, 6) is 0. The number of methoxy groups -OCH3 is 1. The molecular weight excluding hydrogens is 284 g/mol. The van der Waals surface area contributed by atoms with E-state index in [4.69, 9.17) is 4.74 Å². The third-order valence-corrected chi connectivity index (χ3v) is 5.43. The first-order valence-corrected chi connectivity index (χ1v) is 8.65. The van der Waals surface area contributed by atoms with Gasteiger partial charge < -0.3 is 9.84 Å². The summed E-state index contributed by atoms with van der Waals surface area (Å²) in [6.07, 6.45) is 4.36. The highest BCUT2D eigenvalue weighted by Gasteiger charge is 2.34. The molecule has 5 heteroatoms. The Balaban J connectivity index is 1.96. The number of aromatic nitrogens is 1. The lowest BCUT2D eigenvalue weighted by atomic mass is 9.77. The molecule has 2 rings (SSSR count). The molecule has 2 heterocycles. The molecule has 1 aliphatic rings. The Kier molecular flexibility index (Phi) is 6.17. The Morgan fingerprint density at radius 3 is 2.86 bits per heavy atom. The van der Waals surface area contributed by atoms with Gasteiger partial charge in [0.25, 0.3) is 0 Å². The van der Waals surface area contributed by atoms with Crippen LogP contribution in [0.4, 0.5) is 0 Å². The van der Waals surface area contributed by atoms with Gasteiger partial charge in [0.2, 0.25) is 0 Å². The van der Waals surface area contributed by atoms with Crippen LogP contribution in [-0.4, -0.2) is 48.4 Å². The topological polar surface area (TPSA) is 45.6 Å². The van der Waals surface area contributed by atoms with Crippen LogP contribution in [0.5, 0.6) is 0 Å². The van der Waals surface area contributed by atoms with Crippen LogP contribution < -0.4 is 0 Å². The van der Waals surface area contributed by atoms with Crippen LogP contribution in [0.15, 0.2) is 0 Å². The normalized spacial score (nSPS) is 23.6. The van der Waals surface area contributed by atoms with E-state index < -0.39 is 0 Å². The average molecular weight is 312 g/mol. The minimum atomic E-state index is 0.0513. The summed E-state index contributed by atoms with van der Waals surface area (Å²) < 4.78 is 5.16. The molecule has 1 saturated heterocycles. The van der Waals surface area contributed by atoms with Crippen molar-refractivity contribution in [2.75, 3.05) is 33.4 Å². The summed E-state index contributed by atoms with van der Waals surface area (Å²) in [6, 6.07) is 0. The molecule has 1 aromatic heterocycles.